The molecule has 0 aliphatic rings. The predicted molar refractivity (Wildman–Crippen MR) is 94.1 cm³/mol. The Morgan fingerprint density at radius 1 is 1.26 bits per heavy atom. The number of aryl methyl sites for hydroxylation is 2. The molecule has 0 unspecified atom stereocenters. The average molecular weight is 355 g/mol. The summed E-state index contributed by atoms with van der Waals surface area (Å²) in [4.78, 5) is 14.1. The summed E-state index contributed by atoms with van der Waals surface area (Å²) in [5, 5.41) is 8.39. The summed E-state index contributed by atoms with van der Waals surface area (Å²) in [6, 6.07) is 5.38. The second-order valence-electron chi connectivity index (χ2n) is 5.67. The van der Waals surface area contributed by atoms with Gasteiger partial charge in [0.1, 0.15) is 0 Å². The standard InChI is InChI=1S/C16H20Cl2N4O/c1-10-16(11(2)22(4)20-10)19-15(23)9-21(3)8-12-5-13(17)7-14(18)6-12/h5-7H,8-9H2,1-4H3,(H,19,23). The van der Waals surface area contributed by atoms with E-state index in [0.29, 0.717) is 16.6 Å². The molecule has 1 N–H and O–H groups in total. The monoisotopic (exact) mass is 354 g/mol. The summed E-state index contributed by atoms with van der Waals surface area (Å²) >= 11 is 12.0. The van der Waals surface area contributed by atoms with E-state index in [1.807, 2.05) is 45.0 Å². The maximum atomic E-state index is 12.2. The molecule has 1 heterocycles. The normalized spacial score (nSPS) is 11.1. The molecule has 0 saturated heterocycles. The molecule has 0 bridgehead atoms. The van der Waals surface area contributed by atoms with Gasteiger partial charge in [0.15, 0.2) is 0 Å². The highest BCUT2D eigenvalue weighted by Crippen LogP contribution is 2.20. The fraction of sp³-hybridized carbons (Fsp3) is 0.375. The topological polar surface area (TPSA) is 50.2 Å². The van der Waals surface area contributed by atoms with Crippen LogP contribution in [0.5, 0.6) is 0 Å². The first-order valence-corrected chi connectivity index (χ1v) is 7.95. The lowest BCUT2D eigenvalue weighted by molar-refractivity contribution is -0.117. The van der Waals surface area contributed by atoms with Gasteiger partial charge < -0.3 is 5.32 Å². The van der Waals surface area contributed by atoms with Crippen molar-refractivity contribution in [1.29, 1.82) is 0 Å². The maximum Gasteiger partial charge on any atom is 0.238 e. The van der Waals surface area contributed by atoms with E-state index in [0.717, 1.165) is 22.6 Å². The van der Waals surface area contributed by atoms with E-state index >= 15 is 0 Å². The summed E-state index contributed by atoms with van der Waals surface area (Å²) in [5.74, 6) is -0.0835. The molecule has 0 spiro atoms. The van der Waals surface area contributed by atoms with Crippen LogP contribution in [0.2, 0.25) is 10.0 Å². The van der Waals surface area contributed by atoms with Crippen molar-refractivity contribution in [3.05, 3.63) is 45.2 Å². The molecule has 2 rings (SSSR count). The largest absolute Gasteiger partial charge is 0.322 e. The summed E-state index contributed by atoms with van der Waals surface area (Å²) in [5.41, 5.74) is 3.48. The van der Waals surface area contributed by atoms with Crippen LogP contribution in [0.3, 0.4) is 0 Å². The van der Waals surface area contributed by atoms with Crippen LogP contribution in [-0.4, -0.2) is 34.2 Å². The first-order chi connectivity index (χ1) is 10.8. The Kier molecular flexibility index (Phi) is 5.68. The van der Waals surface area contributed by atoms with E-state index in [-0.39, 0.29) is 12.5 Å². The number of aromatic nitrogens is 2. The van der Waals surface area contributed by atoms with Gasteiger partial charge in [0.2, 0.25) is 5.91 Å². The minimum Gasteiger partial charge on any atom is -0.322 e. The Morgan fingerprint density at radius 2 is 1.87 bits per heavy atom. The highest BCUT2D eigenvalue weighted by Gasteiger charge is 2.14. The van der Waals surface area contributed by atoms with Crippen molar-refractivity contribution >= 4 is 34.8 Å². The number of likely N-dealkylation sites (N-methyl/N-ethyl adjacent to an activating group) is 1. The molecule has 1 amide bonds. The van der Waals surface area contributed by atoms with Gasteiger partial charge in [-0.1, -0.05) is 23.2 Å². The Bertz CT molecular complexity index is 707. The number of halogens is 2. The lowest BCUT2D eigenvalue weighted by Gasteiger charge is -2.17. The molecule has 0 aliphatic carbocycles. The molecule has 0 aliphatic heterocycles. The van der Waals surface area contributed by atoms with Crippen LogP contribution in [0.1, 0.15) is 17.0 Å². The maximum absolute atomic E-state index is 12.2. The van der Waals surface area contributed by atoms with Crippen molar-refractivity contribution in [2.75, 3.05) is 18.9 Å². The number of benzene rings is 1. The molecule has 2 aromatic rings. The summed E-state index contributed by atoms with van der Waals surface area (Å²) in [6.07, 6.45) is 0. The second kappa shape index (κ2) is 7.34. The Labute approximate surface area is 146 Å². The molecule has 0 fully saturated rings. The number of hydrogen-bond donors (Lipinski definition) is 1. The summed E-state index contributed by atoms with van der Waals surface area (Å²) < 4.78 is 1.75. The number of amides is 1. The van der Waals surface area contributed by atoms with Crippen LogP contribution in [0.4, 0.5) is 5.69 Å². The first kappa shape index (κ1) is 17.8. The number of anilines is 1. The van der Waals surface area contributed by atoms with E-state index in [1.54, 1.807) is 10.7 Å². The van der Waals surface area contributed by atoms with Crippen LogP contribution >= 0.6 is 23.2 Å². The van der Waals surface area contributed by atoms with Crippen molar-refractivity contribution in [3.8, 4) is 0 Å². The summed E-state index contributed by atoms with van der Waals surface area (Å²) in [7, 11) is 3.73. The SMILES string of the molecule is Cc1nn(C)c(C)c1NC(=O)CN(C)Cc1cc(Cl)cc(Cl)c1. The number of nitrogens with zero attached hydrogens (tertiary/aromatic N) is 3. The molecule has 0 saturated carbocycles. The first-order valence-electron chi connectivity index (χ1n) is 7.20. The van der Waals surface area contributed by atoms with Crippen molar-refractivity contribution in [1.82, 2.24) is 14.7 Å². The van der Waals surface area contributed by atoms with Gasteiger partial charge >= 0.3 is 0 Å². The van der Waals surface area contributed by atoms with Crippen LogP contribution in [-0.2, 0) is 18.4 Å². The van der Waals surface area contributed by atoms with Crippen molar-refractivity contribution < 1.29 is 4.79 Å². The fourth-order valence-corrected chi connectivity index (χ4v) is 3.02. The third kappa shape index (κ3) is 4.70. The van der Waals surface area contributed by atoms with Crippen LogP contribution in [0.25, 0.3) is 0 Å². The average Bonchev–Trinajstić information content (AvgIpc) is 2.63. The van der Waals surface area contributed by atoms with Gasteiger partial charge in [0, 0.05) is 23.6 Å². The molecular weight excluding hydrogens is 335 g/mol. The van der Waals surface area contributed by atoms with Gasteiger partial charge in [-0.25, -0.2) is 0 Å². The molecule has 7 heteroatoms. The van der Waals surface area contributed by atoms with Crippen molar-refractivity contribution in [3.63, 3.8) is 0 Å². The number of hydrogen-bond acceptors (Lipinski definition) is 3. The number of rotatable bonds is 5. The number of carbonyl (C=O) groups excluding carboxylic acids is 1. The molecule has 23 heavy (non-hydrogen) atoms. The minimum absolute atomic E-state index is 0.0835. The van der Waals surface area contributed by atoms with Gasteiger partial charge in [0.05, 0.1) is 23.6 Å². The van der Waals surface area contributed by atoms with Crippen molar-refractivity contribution in [2.24, 2.45) is 7.05 Å². The molecular formula is C16H20Cl2N4O. The predicted octanol–water partition coefficient (Wildman–Crippen LogP) is 3.41. The zero-order valence-electron chi connectivity index (χ0n) is 13.7. The number of nitrogens with one attached hydrogen (secondary N) is 1. The molecule has 0 atom stereocenters. The Hall–Kier alpha value is -1.56. The van der Waals surface area contributed by atoms with E-state index in [4.69, 9.17) is 23.2 Å². The van der Waals surface area contributed by atoms with Gasteiger partial charge in [0.25, 0.3) is 0 Å². The molecule has 124 valence electrons. The smallest absolute Gasteiger partial charge is 0.238 e. The second-order valence-corrected chi connectivity index (χ2v) is 6.54. The van der Waals surface area contributed by atoms with Gasteiger partial charge in [-0.3, -0.25) is 14.4 Å². The lowest BCUT2D eigenvalue weighted by Crippen LogP contribution is -2.30. The molecule has 1 aromatic heterocycles. The lowest BCUT2D eigenvalue weighted by atomic mass is 10.2. The van der Waals surface area contributed by atoms with Crippen LogP contribution in [0, 0.1) is 13.8 Å². The third-order valence-corrected chi connectivity index (χ3v) is 4.00. The zero-order chi connectivity index (χ0) is 17.1. The van der Waals surface area contributed by atoms with E-state index in [9.17, 15) is 4.79 Å². The fourth-order valence-electron chi connectivity index (χ4n) is 2.45. The molecule has 1 aromatic carbocycles. The van der Waals surface area contributed by atoms with Gasteiger partial charge in [-0.15, -0.1) is 0 Å². The molecule has 5 nitrogen and oxygen atoms in total. The summed E-state index contributed by atoms with van der Waals surface area (Å²) in [6.45, 7) is 4.64. The van der Waals surface area contributed by atoms with Crippen LogP contribution < -0.4 is 5.32 Å². The highest BCUT2D eigenvalue weighted by atomic mass is 35.5. The van der Waals surface area contributed by atoms with Crippen LogP contribution in [0.15, 0.2) is 18.2 Å². The zero-order valence-corrected chi connectivity index (χ0v) is 15.2. The third-order valence-electron chi connectivity index (χ3n) is 3.56. The van der Waals surface area contributed by atoms with E-state index in [1.165, 1.54) is 0 Å². The van der Waals surface area contributed by atoms with Gasteiger partial charge in [-0.2, -0.15) is 5.10 Å². The van der Waals surface area contributed by atoms with Crippen molar-refractivity contribution in [2.45, 2.75) is 20.4 Å². The highest BCUT2D eigenvalue weighted by molar-refractivity contribution is 6.34. The number of carbonyl (C=O) groups is 1. The Balaban J connectivity index is 1.97. The molecule has 0 radical (unpaired) electrons. The van der Waals surface area contributed by atoms with E-state index < -0.39 is 0 Å². The quantitative estimate of drug-likeness (QED) is 0.894. The Morgan fingerprint density at radius 3 is 2.39 bits per heavy atom. The minimum atomic E-state index is -0.0835. The van der Waals surface area contributed by atoms with Gasteiger partial charge in [-0.05, 0) is 44.7 Å². The van der Waals surface area contributed by atoms with E-state index in [2.05, 4.69) is 10.4 Å².